The van der Waals surface area contributed by atoms with Crippen LogP contribution < -0.4 is 5.73 Å². The van der Waals surface area contributed by atoms with Crippen molar-refractivity contribution in [3.05, 3.63) is 23.4 Å². The lowest BCUT2D eigenvalue weighted by Gasteiger charge is -2.48. The van der Waals surface area contributed by atoms with Crippen molar-refractivity contribution in [3.8, 4) is 0 Å². The Hall–Kier alpha value is -2.01. The molecular formula is C16H19F3N2O5S. The number of alkyl halides is 3. The molecule has 0 spiro atoms. The summed E-state index contributed by atoms with van der Waals surface area (Å²) < 4.78 is 47.1. The molecule has 1 fully saturated rings. The molecule has 150 valence electrons. The number of hydrogen-bond acceptors (Lipinski definition) is 7. The maximum atomic E-state index is 12.5. The average molecular weight is 408 g/mol. The lowest BCUT2D eigenvalue weighted by atomic mass is 9.98. The van der Waals surface area contributed by atoms with Crippen molar-refractivity contribution in [2.75, 3.05) is 12.5 Å². The SMILES string of the molecule is CC(C)(C)C(=O)OCOC(=O)C1=C(C=CC(F)(F)F)CS[C@H]2C(N)C(=O)N12. The Labute approximate surface area is 157 Å². The van der Waals surface area contributed by atoms with E-state index in [-0.39, 0.29) is 23.1 Å². The van der Waals surface area contributed by atoms with Gasteiger partial charge in [-0.05, 0) is 26.3 Å². The van der Waals surface area contributed by atoms with Gasteiger partial charge in [0.15, 0.2) is 0 Å². The lowest BCUT2D eigenvalue weighted by molar-refractivity contribution is -0.173. The molecule has 2 aliphatic rings. The fourth-order valence-corrected chi connectivity index (χ4v) is 3.54. The van der Waals surface area contributed by atoms with Gasteiger partial charge in [-0.15, -0.1) is 11.8 Å². The molecule has 0 saturated carbocycles. The zero-order chi connectivity index (χ0) is 20.6. The van der Waals surface area contributed by atoms with Gasteiger partial charge in [-0.2, -0.15) is 13.2 Å². The minimum Gasteiger partial charge on any atom is -0.427 e. The van der Waals surface area contributed by atoms with Crippen molar-refractivity contribution in [2.24, 2.45) is 11.1 Å². The normalized spacial score (nSPS) is 23.2. The van der Waals surface area contributed by atoms with Crippen molar-refractivity contribution < 1.29 is 37.0 Å². The van der Waals surface area contributed by atoms with Gasteiger partial charge in [-0.25, -0.2) is 4.79 Å². The summed E-state index contributed by atoms with van der Waals surface area (Å²) in [5, 5.41) is -0.555. The van der Waals surface area contributed by atoms with Crippen LogP contribution in [0.3, 0.4) is 0 Å². The molecule has 11 heteroatoms. The van der Waals surface area contributed by atoms with Crippen LogP contribution in [0.4, 0.5) is 13.2 Å². The van der Waals surface area contributed by atoms with Crippen molar-refractivity contribution in [2.45, 2.75) is 38.4 Å². The molecule has 27 heavy (non-hydrogen) atoms. The third-order valence-electron chi connectivity index (χ3n) is 3.70. The largest absolute Gasteiger partial charge is 0.427 e. The Morgan fingerprint density at radius 1 is 1.30 bits per heavy atom. The minimum atomic E-state index is -4.58. The second-order valence-electron chi connectivity index (χ2n) is 6.92. The predicted octanol–water partition coefficient (Wildman–Crippen LogP) is 1.69. The van der Waals surface area contributed by atoms with Gasteiger partial charge in [0.05, 0.1) is 5.41 Å². The zero-order valence-electron chi connectivity index (χ0n) is 14.8. The standard InChI is InChI=1S/C16H19F3N2O5S/c1-15(2,3)14(24)26-7-25-13(23)10-8(4-5-16(17,18)19)6-27-12-9(20)11(22)21(10)12/h4-5,9,12H,6-7,20H2,1-3H3/t9?,12-/m0/s1. The molecule has 1 saturated heterocycles. The number of carbonyl (C=O) groups excluding carboxylic acids is 3. The van der Waals surface area contributed by atoms with Crippen LogP contribution in [0.15, 0.2) is 23.4 Å². The van der Waals surface area contributed by atoms with Crippen LogP contribution in [-0.4, -0.2) is 52.9 Å². The first-order chi connectivity index (χ1) is 12.3. The van der Waals surface area contributed by atoms with Crippen LogP contribution in [0.25, 0.3) is 0 Å². The molecule has 1 amide bonds. The summed E-state index contributed by atoms with van der Waals surface area (Å²) in [7, 11) is 0. The minimum absolute atomic E-state index is 0.0269. The van der Waals surface area contributed by atoms with E-state index in [4.69, 9.17) is 15.2 Å². The van der Waals surface area contributed by atoms with E-state index in [9.17, 15) is 27.6 Å². The quantitative estimate of drug-likeness (QED) is 0.429. The highest BCUT2D eigenvalue weighted by Crippen LogP contribution is 2.40. The number of hydrogen-bond donors (Lipinski definition) is 1. The molecular weight excluding hydrogens is 389 g/mol. The summed E-state index contributed by atoms with van der Waals surface area (Å²) >= 11 is 1.15. The second-order valence-corrected chi connectivity index (χ2v) is 8.02. The van der Waals surface area contributed by atoms with E-state index in [1.165, 1.54) is 0 Å². The number of β-lactam (4-membered cyclic amide) rings is 1. The third-order valence-corrected chi connectivity index (χ3v) is 5.02. The van der Waals surface area contributed by atoms with E-state index in [1.807, 2.05) is 0 Å². The van der Waals surface area contributed by atoms with Gasteiger partial charge in [0.2, 0.25) is 12.7 Å². The van der Waals surface area contributed by atoms with Gasteiger partial charge in [0.25, 0.3) is 0 Å². The number of halogens is 3. The monoisotopic (exact) mass is 408 g/mol. The van der Waals surface area contributed by atoms with Crippen LogP contribution in [-0.2, 0) is 23.9 Å². The molecule has 2 N–H and O–H groups in total. The summed E-state index contributed by atoms with van der Waals surface area (Å²) in [5.41, 5.74) is 4.49. The molecule has 0 aliphatic carbocycles. The number of carbonyl (C=O) groups is 3. The molecule has 7 nitrogen and oxygen atoms in total. The molecule has 0 aromatic rings. The van der Waals surface area contributed by atoms with Gasteiger partial charge in [0, 0.05) is 11.8 Å². The average Bonchev–Trinajstić information content (AvgIpc) is 2.56. The smallest absolute Gasteiger partial charge is 0.409 e. The van der Waals surface area contributed by atoms with Crippen LogP contribution in [0.2, 0.25) is 0 Å². The number of esters is 2. The Kier molecular flexibility index (Phi) is 5.95. The molecule has 0 aromatic carbocycles. The Morgan fingerprint density at radius 2 is 1.93 bits per heavy atom. The van der Waals surface area contributed by atoms with Gasteiger partial charge in [-0.1, -0.05) is 6.08 Å². The highest BCUT2D eigenvalue weighted by atomic mass is 32.2. The van der Waals surface area contributed by atoms with E-state index < -0.39 is 47.6 Å². The van der Waals surface area contributed by atoms with E-state index in [0.29, 0.717) is 0 Å². The number of fused-ring (bicyclic) bond motifs is 1. The first kappa shape index (κ1) is 21.3. The number of nitrogens with zero attached hydrogens (tertiary/aromatic N) is 1. The fraction of sp³-hybridized carbons (Fsp3) is 0.562. The van der Waals surface area contributed by atoms with Crippen LogP contribution in [0, 0.1) is 5.41 Å². The van der Waals surface area contributed by atoms with E-state index in [0.717, 1.165) is 22.7 Å². The first-order valence-corrected chi connectivity index (χ1v) is 8.91. The van der Waals surface area contributed by atoms with Gasteiger partial charge in [0.1, 0.15) is 17.1 Å². The van der Waals surface area contributed by atoms with Gasteiger partial charge in [-0.3, -0.25) is 14.5 Å². The fourth-order valence-electron chi connectivity index (χ4n) is 2.27. The summed E-state index contributed by atoms with van der Waals surface area (Å²) in [6, 6.07) is -0.843. The number of amides is 1. The molecule has 0 bridgehead atoms. The van der Waals surface area contributed by atoms with Gasteiger partial charge >= 0.3 is 18.1 Å². The predicted molar refractivity (Wildman–Crippen MR) is 89.8 cm³/mol. The van der Waals surface area contributed by atoms with E-state index in [1.54, 1.807) is 20.8 Å². The number of ether oxygens (including phenoxy) is 2. The highest BCUT2D eigenvalue weighted by molar-refractivity contribution is 8.00. The van der Waals surface area contributed by atoms with E-state index in [2.05, 4.69) is 0 Å². The maximum absolute atomic E-state index is 12.5. The second kappa shape index (κ2) is 7.55. The summed E-state index contributed by atoms with van der Waals surface area (Å²) in [6.45, 7) is 4.08. The number of rotatable bonds is 4. The molecule has 1 unspecified atom stereocenters. The molecule has 2 atom stereocenters. The van der Waals surface area contributed by atoms with Crippen LogP contribution >= 0.6 is 11.8 Å². The Bertz CT molecular complexity index is 712. The van der Waals surface area contributed by atoms with Crippen LogP contribution in [0.1, 0.15) is 20.8 Å². The van der Waals surface area contributed by atoms with Gasteiger partial charge < -0.3 is 15.2 Å². The van der Waals surface area contributed by atoms with Crippen molar-refractivity contribution in [1.82, 2.24) is 4.90 Å². The highest BCUT2D eigenvalue weighted by Gasteiger charge is 2.52. The van der Waals surface area contributed by atoms with Crippen LogP contribution in [0.5, 0.6) is 0 Å². The molecule has 2 rings (SSSR count). The first-order valence-electron chi connectivity index (χ1n) is 7.86. The molecule has 2 heterocycles. The Balaban J connectivity index is 2.19. The summed E-state index contributed by atoms with van der Waals surface area (Å²) in [6.07, 6.45) is -3.89. The number of allylic oxidation sites excluding steroid dienone is 2. The third kappa shape index (κ3) is 4.83. The topological polar surface area (TPSA) is 98.9 Å². The van der Waals surface area contributed by atoms with Crippen molar-refractivity contribution in [1.29, 1.82) is 0 Å². The van der Waals surface area contributed by atoms with Crippen molar-refractivity contribution in [3.63, 3.8) is 0 Å². The molecule has 0 aromatic heterocycles. The summed E-state index contributed by atoms with van der Waals surface area (Å²) in [4.78, 5) is 37.1. The number of nitrogens with two attached hydrogens (primary N) is 1. The lowest BCUT2D eigenvalue weighted by Crippen LogP contribution is -2.68. The van der Waals surface area contributed by atoms with Crippen molar-refractivity contribution >= 4 is 29.6 Å². The number of thioether (sulfide) groups is 1. The molecule has 2 aliphatic heterocycles. The maximum Gasteiger partial charge on any atom is 0.409 e. The van der Waals surface area contributed by atoms with E-state index >= 15 is 0 Å². The zero-order valence-corrected chi connectivity index (χ0v) is 15.6. The molecule has 0 radical (unpaired) electrons. The summed E-state index contributed by atoms with van der Waals surface area (Å²) in [5.74, 6) is -2.24. The Morgan fingerprint density at radius 3 is 2.48 bits per heavy atom.